The molecule has 0 saturated heterocycles. The Labute approximate surface area is 187 Å². The highest BCUT2D eigenvalue weighted by Gasteiger charge is 2.62. The second-order valence-corrected chi connectivity index (χ2v) is 8.43. The SMILES string of the molecule is CC1CCC2C(c3cc(-n4c(=O)cc(C(F)(F)F)n(C)c4=O)c(F)cc3Cl)=NOC12C(=O)O. The minimum Gasteiger partial charge on any atom is -0.478 e. The van der Waals surface area contributed by atoms with Crippen molar-refractivity contribution in [3.8, 4) is 5.69 Å². The molecule has 13 heteroatoms. The first kappa shape index (κ1) is 23.0. The van der Waals surface area contributed by atoms with Crippen molar-refractivity contribution in [3.63, 3.8) is 0 Å². The van der Waals surface area contributed by atoms with Crippen molar-refractivity contribution in [1.29, 1.82) is 0 Å². The zero-order chi connectivity index (χ0) is 24.5. The van der Waals surface area contributed by atoms with Gasteiger partial charge in [0.1, 0.15) is 11.5 Å². The summed E-state index contributed by atoms with van der Waals surface area (Å²) in [6, 6.07) is 1.94. The number of oxime groups is 1. The summed E-state index contributed by atoms with van der Waals surface area (Å²) in [5.41, 5.74) is -6.54. The third-order valence-corrected chi connectivity index (χ3v) is 6.57. The van der Waals surface area contributed by atoms with Gasteiger partial charge in [0.05, 0.1) is 22.3 Å². The van der Waals surface area contributed by atoms with E-state index in [1.807, 2.05) is 0 Å². The molecule has 176 valence electrons. The first-order valence-corrected chi connectivity index (χ1v) is 10.1. The van der Waals surface area contributed by atoms with Gasteiger partial charge in [0.25, 0.3) is 5.56 Å². The van der Waals surface area contributed by atoms with Crippen LogP contribution in [0.5, 0.6) is 0 Å². The van der Waals surface area contributed by atoms with Gasteiger partial charge in [0.2, 0.25) is 5.60 Å². The van der Waals surface area contributed by atoms with Crippen molar-refractivity contribution in [2.45, 2.75) is 31.5 Å². The average Bonchev–Trinajstić information content (AvgIpc) is 3.25. The molecular formula is C20H16ClF4N3O5. The van der Waals surface area contributed by atoms with Gasteiger partial charge in [0, 0.05) is 24.6 Å². The highest BCUT2D eigenvalue weighted by atomic mass is 35.5. The second-order valence-electron chi connectivity index (χ2n) is 8.02. The highest BCUT2D eigenvalue weighted by Crippen LogP contribution is 2.49. The maximum absolute atomic E-state index is 14.8. The van der Waals surface area contributed by atoms with Crippen LogP contribution in [0.1, 0.15) is 31.0 Å². The van der Waals surface area contributed by atoms with E-state index in [-0.39, 0.29) is 31.5 Å². The molecule has 2 aliphatic rings. The number of fused-ring (bicyclic) bond motifs is 1. The van der Waals surface area contributed by atoms with E-state index in [0.29, 0.717) is 12.8 Å². The van der Waals surface area contributed by atoms with Gasteiger partial charge in [-0.15, -0.1) is 0 Å². The number of carbonyl (C=O) groups is 1. The van der Waals surface area contributed by atoms with Gasteiger partial charge < -0.3 is 9.94 Å². The van der Waals surface area contributed by atoms with E-state index in [4.69, 9.17) is 16.4 Å². The fourth-order valence-electron chi connectivity index (χ4n) is 4.53. The van der Waals surface area contributed by atoms with Crippen LogP contribution in [0.15, 0.2) is 32.9 Å². The molecule has 1 N–H and O–H groups in total. The minimum absolute atomic E-state index is 0.00384. The number of nitrogens with zero attached hydrogens (tertiary/aromatic N) is 3. The Balaban J connectivity index is 1.90. The molecule has 1 aliphatic carbocycles. The molecule has 1 saturated carbocycles. The third kappa shape index (κ3) is 3.26. The summed E-state index contributed by atoms with van der Waals surface area (Å²) in [6.45, 7) is 1.69. The lowest BCUT2D eigenvalue weighted by molar-refractivity contribution is -0.170. The number of carboxylic acid groups (broad SMARTS) is 1. The Morgan fingerprint density at radius 2 is 1.94 bits per heavy atom. The Morgan fingerprint density at radius 1 is 1.27 bits per heavy atom. The molecule has 1 aliphatic heterocycles. The normalized spacial score (nSPS) is 24.4. The van der Waals surface area contributed by atoms with Gasteiger partial charge in [-0.05, 0) is 25.0 Å². The number of benzene rings is 1. The first-order chi connectivity index (χ1) is 15.3. The van der Waals surface area contributed by atoms with Crippen LogP contribution >= 0.6 is 11.6 Å². The lowest BCUT2D eigenvalue weighted by Gasteiger charge is -2.26. The molecule has 8 nitrogen and oxygen atoms in total. The van der Waals surface area contributed by atoms with Crippen LogP contribution in [0.3, 0.4) is 0 Å². The summed E-state index contributed by atoms with van der Waals surface area (Å²) in [5.74, 6) is -3.52. The summed E-state index contributed by atoms with van der Waals surface area (Å²) in [4.78, 5) is 42.3. The summed E-state index contributed by atoms with van der Waals surface area (Å²) in [5, 5.41) is 13.5. The molecule has 3 unspecified atom stereocenters. The number of carboxylic acids is 1. The topological polar surface area (TPSA) is 103 Å². The van der Waals surface area contributed by atoms with E-state index < -0.39 is 58.0 Å². The van der Waals surface area contributed by atoms with Gasteiger partial charge in [-0.3, -0.25) is 9.36 Å². The first-order valence-electron chi connectivity index (χ1n) is 9.70. The maximum Gasteiger partial charge on any atom is 0.431 e. The predicted octanol–water partition coefficient (Wildman–Crippen LogP) is 2.95. The Kier molecular flexibility index (Phi) is 5.19. The van der Waals surface area contributed by atoms with Crippen LogP contribution in [0.2, 0.25) is 5.02 Å². The van der Waals surface area contributed by atoms with E-state index in [0.717, 1.165) is 19.2 Å². The van der Waals surface area contributed by atoms with Gasteiger partial charge >= 0.3 is 17.8 Å². The maximum atomic E-state index is 14.8. The average molecular weight is 490 g/mol. The number of hydrogen-bond donors (Lipinski definition) is 1. The van der Waals surface area contributed by atoms with E-state index in [9.17, 15) is 37.1 Å². The quantitative estimate of drug-likeness (QED) is 0.668. The monoisotopic (exact) mass is 489 g/mol. The van der Waals surface area contributed by atoms with Crippen LogP contribution in [-0.4, -0.2) is 31.5 Å². The zero-order valence-corrected chi connectivity index (χ0v) is 17.9. The largest absolute Gasteiger partial charge is 0.478 e. The Hall–Kier alpha value is -3.15. The third-order valence-electron chi connectivity index (χ3n) is 6.26. The zero-order valence-electron chi connectivity index (χ0n) is 17.1. The number of halogens is 5. The van der Waals surface area contributed by atoms with Crippen LogP contribution in [0.4, 0.5) is 17.6 Å². The number of aliphatic carboxylic acids is 1. The lowest BCUT2D eigenvalue weighted by Crippen LogP contribution is -2.47. The number of rotatable bonds is 3. The summed E-state index contributed by atoms with van der Waals surface area (Å²) < 4.78 is 54.6. The van der Waals surface area contributed by atoms with Gasteiger partial charge in [0.15, 0.2) is 0 Å². The van der Waals surface area contributed by atoms with Crippen molar-refractivity contribution >= 4 is 23.3 Å². The molecule has 1 aromatic carbocycles. The Bertz CT molecular complexity index is 1330. The van der Waals surface area contributed by atoms with E-state index in [1.165, 1.54) is 0 Å². The van der Waals surface area contributed by atoms with Crippen molar-refractivity contribution in [2.24, 2.45) is 24.0 Å². The van der Waals surface area contributed by atoms with Crippen molar-refractivity contribution in [2.75, 3.05) is 0 Å². The second kappa shape index (κ2) is 7.44. The van der Waals surface area contributed by atoms with Crippen LogP contribution in [0.25, 0.3) is 5.69 Å². The molecule has 0 radical (unpaired) electrons. The number of alkyl halides is 3. The molecule has 4 rings (SSSR count). The smallest absolute Gasteiger partial charge is 0.431 e. The van der Waals surface area contributed by atoms with E-state index >= 15 is 0 Å². The van der Waals surface area contributed by atoms with Crippen molar-refractivity contribution in [3.05, 3.63) is 61.1 Å². The summed E-state index contributed by atoms with van der Waals surface area (Å²) in [6.07, 6.45) is -4.11. The Morgan fingerprint density at radius 3 is 2.55 bits per heavy atom. The fraction of sp³-hybridized carbons (Fsp3) is 0.400. The standard InChI is InChI=1S/C20H16ClF4N3O5/c1-8-3-4-10-16(26-33-19(8,10)17(30)31)9-5-13(12(22)6-11(9)21)28-15(29)7-14(20(23,24)25)27(2)18(28)32/h5-8,10H,3-4H2,1-2H3,(H,30,31). The van der Waals surface area contributed by atoms with Crippen molar-refractivity contribution < 1.29 is 32.3 Å². The molecular weight excluding hydrogens is 474 g/mol. The predicted molar refractivity (Wildman–Crippen MR) is 107 cm³/mol. The lowest BCUT2D eigenvalue weighted by atomic mass is 9.81. The molecule has 0 amide bonds. The molecule has 33 heavy (non-hydrogen) atoms. The molecule has 0 spiro atoms. The molecule has 2 aromatic rings. The van der Waals surface area contributed by atoms with E-state index in [2.05, 4.69) is 5.16 Å². The highest BCUT2D eigenvalue weighted by molar-refractivity contribution is 6.34. The van der Waals surface area contributed by atoms with Gasteiger partial charge in [-0.25, -0.2) is 18.5 Å². The van der Waals surface area contributed by atoms with Gasteiger partial charge in [-0.2, -0.15) is 13.2 Å². The van der Waals surface area contributed by atoms with Crippen LogP contribution in [0, 0.1) is 17.7 Å². The molecule has 0 bridgehead atoms. The summed E-state index contributed by atoms with van der Waals surface area (Å²) >= 11 is 6.17. The van der Waals surface area contributed by atoms with E-state index in [1.54, 1.807) is 6.92 Å². The van der Waals surface area contributed by atoms with Crippen LogP contribution < -0.4 is 11.2 Å². The molecule has 1 aromatic heterocycles. The van der Waals surface area contributed by atoms with Gasteiger partial charge in [-0.1, -0.05) is 23.7 Å². The number of aromatic nitrogens is 2. The molecule has 3 atom stereocenters. The summed E-state index contributed by atoms with van der Waals surface area (Å²) in [7, 11) is 0.797. The van der Waals surface area contributed by atoms with Crippen LogP contribution in [-0.2, 0) is 22.9 Å². The number of hydrogen-bond acceptors (Lipinski definition) is 5. The van der Waals surface area contributed by atoms with Crippen molar-refractivity contribution in [1.82, 2.24) is 9.13 Å². The minimum atomic E-state index is -4.98. The molecule has 2 heterocycles. The fourth-order valence-corrected chi connectivity index (χ4v) is 4.78. The molecule has 1 fully saturated rings.